The molecule has 0 atom stereocenters. The summed E-state index contributed by atoms with van der Waals surface area (Å²) in [5, 5.41) is 0. The Morgan fingerprint density at radius 2 is 2.00 bits per heavy atom. The summed E-state index contributed by atoms with van der Waals surface area (Å²) in [7, 11) is 1.82. The highest BCUT2D eigenvalue weighted by atomic mass is 16.1. The van der Waals surface area contributed by atoms with Gasteiger partial charge >= 0.3 is 5.69 Å². The average Bonchev–Trinajstić information content (AvgIpc) is 3.28. The first-order valence-electron chi connectivity index (χ1n) is 9.80. The molecule has 0 bridgehead atoms. The Morgan fingerprint density at radius 1 is 1.15 bits per heavy atom. The number of piperidine rings is 1. The summed E-state index contributed by atoms with van der Waals surface area (Å²) in [5.74, 6) is 1.63. The minimum atomic E-state index is 0.0275. The van der Waals surface area contributed by atoms with Crippen LogP contribution in [0.4, 0.5) is 5.82 Å². The van der Waals surface area contributed by atoms with E-state index in [1.165, 1.54) is 17.7 Å². The van der Waals surface area contributed by atoms with Gasteiger partial charge in [0.25, 0.3) is 0 Å². The molecule has 0 saturated carbocycles. The van der Waals surface area contributed by atoms with Crippen LogP contribution in [0.2, 0.25) is 0 Å². The number of imidazole rings is 1. The first kappa shape index (κ1) is 16.5. The standard InChI is InChI=1S/C20H24N6O/c1-24-17-6-3-9-21-19(17)26(20(24)27)12-14-7-10-25(11-8-14)18-15-4-2-5-16(15)22-13-23-18/h3,6,9,13-14H,2,4-5,7-8,10-12H2,1H3. The van der Waals surface area contributed by atoms with Gasteiger partial charge in [0.1, 0.15) is 12.1 Å². The van der Waals surface area contributed by atoms with Crippen molar-refractivity contribution in [2.75, 3.05) is 18.0 Å². The fraction of sp³-hybridized carbons (Fsp3) is 0.500. The highest BCUT2D eigenvalue weighted by Gasteiger charge is 2.26. The molecule has 3 aromatic heterocycles. The Balaban J connectivity index is 1.33. The summed E-state index contributed by atoms with van der Waals surface area (Å²) in [6.45, 7) is 2.71. The Hall–Kier alpha value is -2.70. The van der Waals surface area contributed by atoms with Gasteiger partial charge in [0.05, 0.1) is 5.52 Å². The van der Waals surface area contributed by atoms with Crippen LogP contribution in [0.5, 0.6) is 0 Å². The van der Waals surface area contributed by atoms with Crippen molar-refractivity contribution in [1.29, 1.82) is 0 Å². The lowest BCUT2D eigenvalue weighted by molar-refractivity contribution is 0.354. The number of aromatic nitrogens is 5. The lowest BCUT2D eigenvalue weighted by Gasteiger charge is -2.33. The van der Waals surface area contributed by atoms with E-state index in [9.17, 15) is 4.79 Å². The van der Waals surface area contributed by atoms with E-state index < -0.39 is 0 Å². The Morgan fingerprint density at radius 3 is 2.85 bits per heavy atom. The van der Waals surface area contributed by atoms with Gasteiger partial charge < -0.3 is 4.90 Å². The molecule has 0 amide bonds. The van der Waals surface area contributed by atoms with Crippen LogP contribution in [0.3, 0.4) is 0 Å². The smallest absolute Gasteiger partial charge is 0.330 e. The van der Waals surface area contributed by atoms with E-state index in [4.69, 9.17) is 0 Å². The minimum absolute atomic E-state index is 0.0275. The average molecular weight is 364 g/mol. The number of hydrogen-bond acceptors (Lipinski definition) is 5. The van der Waals surface area contributed by atoms with E-state index in [-0.39, 0.29) is 5.69 Å². The van der Waals surface area contributed by atoms with Gasteiger partial charge in [-0.1, -0.05) is 0 Å². The van der Waals surface area contributed by atoms with Crippen LogP contribution in [0.25, 0.3) is 11.2 Å². The van der Waals surface area contributed by atoms with E-state index in [1.54, 1.807) is 17.1 Å². The monoisotopic (exact) mass is 364 g/mol. The first-order chi connectivity index (χ1) is 13.2. The number of rotatable bonds is 3. The Kier molecular flexibility index (Phi) is 3.95. The molecule has 7 nitrogen and oxygen atoms in total. The third-order valence-electron chi connectivity index (χ3n) is 6.11. The number of pyridine rings is 1. The van der Waals surface area contributed by atoms with Gasteiger partial charge in [-0.15, -0.1) is 0 Å². The molecule has 0 N–H and O–H groups in total. The molecule has 7 heteroatoms. The highest BCUT2D eigenvalue weighted by molar-refractivity contribution is 5.71. The maximum atomic E-state index is 12.6. The van der Waals surface area contributed by atoms with Crippen molar-refractivity contribution in [3.63, 3.8) is 0 Å². The second-order valence-electron chi connectivity index (χ2n) is 7.70. The molecule has 1 fully saturated rings. The molecule has 5 rings (SSSR count). The van der Waals surface area contributed by atoms with E-state index >= 15 is 0 Å². The van der Waals surface area contributed by atoms with Crippen molar-refractivity contribution in [3.05, 3.63) is 46.4 Å². The zero-order chi connectivity index (χ0) is 18.4. The summed E-state index contributed by atoms with van der Waals surface area (Å²) in [6, 6.07) is 3.84. The molecular formula is C20H24N6O. The molecule has 1 aliphatic heterocycles. The molecule has 27 heavy (non-hydrogen) atoms. The fourth-order valence-corrected chi connectivity index (χ4v) is 4.60. The summed E-state index contributed by atoms with van der Waals surface area (Å²) >= 11 is 0. The fourth-order valence-electron chi connectivity index (χ4n) is 4.60. The van der Waals surface area contributed by atoms with Gasteiger partial charge in [-0.3, -0.25) is 9.13 Å². The van der Waals surface area contributed by atoms with Gasteiger partial charge in [0.2, 0.25) is 0 Å². The lowest BCUT2D eigenvalue weighted by atomic mass is 9.96. The zero-order valence-corrected chi connectivity index (χ0v) is 15.6. The number of nitrogens with zero attached hydrogens (tertiary/aromatic N) is 6. The minimum Gasteiger partial charge on any atom is -0.356 e. The number of aryl methyl sites for hydroxylation is 2. The van der Waals surface area contributed by atoms with Crippen LogP contribution >= 0.6 is 0 Å². The summed E-state index contributed by atoms with van der Waals surface area (Å²) < 4.78 is 3.54. The number of anilines is 1. The van der Waals surface area contributed by atoms with Gasteiger partial charge in [-0.25, -0.2) is 19.7 Å². The third-order valence-corrected chi connectivity index (χ3v) is 6.11. The van der Waals surface area contributed by atoms with Gasteiger partial charge in [0.15, 0.2) is 5.65 Å². The first-order valence-corrected chi connectivity index (χ1v) is 9.80. The molecule has 0 spiro atoms. The zero-order valence-electron chi connectivity index (χ0n) is 15.6. The van der Waals surface area contributed by atoms with E-state index in [1.807, 2.05) is 23.7 Å². The van der Waals surface area contributed by atoms with Crippen molar-refractivity contribution in [2.45, 2.75) is 38.6 Å². The van der Waals surface area contributed by atoms with Crippen LogP contribution in [0, 0.1) is 5.92 Å². The van der Waals surface area contributed by atoms with E-state index in [0.717, 1.165) is 62.3 Å². The quantitative estimate of drug-likeness (QED) is 0.710. The van der Waals surface area contributed by atoms with Crippen LogP contribution in [0.1, 0.15) is 30.5 Å². The van der Waals surface area contributed by atoms with Crippen molar-refractivity contribution in [3.8, 4) is 0 Å². The lowest BCUT2D eigenvalue weighted by Crippen LogP contribution is -2.37. The largest absolute Gasteiger partial charge is 0.356 e. The molecule has 1 saturated heterocycles. The van der Waals surface area contributed by atoms with Crippen molar-refractivity contribution in [2.24, 2.45) is 13.0 Å². The predicted molar refractivity (Wildman–Crippen MR) is 104 cm³/mol. The molecule has 0 radical (unpaired) electrons. The molecule has 0 unspecified atom stereocenters. The van der Waals surface area contributed by atoms with Gasteiger partial charge in [0, 0.05) is 44.1 Å². The second-order valence-corrected chi connectivity index (χ2v) is 7.70. The highest BCUT2D eigenvalue weighted by Crippen LogP contribution is 2.31. The van der Waals surface area contributed by atoms with Crippen LogP contribution in [-0.2, 0) is 26.4 Å². The molecule has 4 heterocycles. The maximum Gasteiger partial charge on any atom is 0.330 e. The Labute approximate surface area is 157 Å². The topological polar surface area (TPSA) is 68.8 Å². The molecule has 0 aromatic carbocycles. The second kappa shape index (κ2) is 6.48. The third kappa shape index (κ3) is 2.72. The molecule has 3 aromatic rings. The van der Waals surface area contributed by atoms with Crippen LogP contribution < -0.4 is 10.6 Å². The number of hydrogen-bond donors (Lipinski definition) is 0. The molecule has 2 aliphatic rings. The SMILES string of the molecule is Cn1c(=O)n(CC2CCN(c3ncnc4c3CCC4)CC2)c2ncccc21. The molecule has 140 valence electrons. The normalized spacial score (nSPS) is 17.6. The van der Waals surface area contributed by atoms with Crippen LogP contribution in [-0.4, -0.2) is 37.2 Å². The van der Waals surface area contributed by atoms with E-state index in [0.29, 0.717) is 5.92 Å². The Bertz CT molecular complexity index is 1040. The summed E-state index contributed by atoms with van der Waals surface area (Å²) in [4.78, 5) is 28.5. The van der Waals surface area contributed by atoms with Crippen LogP contribution in [0.15, 0.2) is 29.5 Å². The maximum absolute atomic E-state index is 12.6. The van der Waals surface area contributed by atoms with Crippen molar-refractivity contribution in [1.82, 2.24) is 24.1 Å². The summed E-state index contributed by atoms with van der Waals surface area (Å²) in [6.07, 6.45) is 8.97. The molecule has 1 aliphatic carbocycles. The molecular weight excluding hydrogens is 340 g/mol. The van der Waals surface area contributed by atoms with E-state index in [2.05, 4.69) is 19.9 Å². The van der Waals surface area contributed by atoms with Crippen molar-refractivity contribution < 1.29 is 0 Å². The summed E-state index contributed by atoms with van der Waals surface area (Å²) in [5.41, 5.74) is 4.30. The van der Waals surface area contributed by atoms with Gasteiger partial charge in [-0.2, -0.15) is 0 Å². The van der Waals surface area contributed by atoms with Crippen molar-refractivity contribution >= 4 is 17.0 Å². The van der Waals surface area contributed by atoms with Gasteiger partial charge in [-0.05, 0) is 50.2 Å². The predicted octanol–water partition coefficient (Wildman–Crippen LogP) is 1.93. The number of fused-ring (bicyclic) bond motifs is 2.